The summed E-state index contributed by atoms with van der Waals surface area (Å²) < 4.78 is 37.8. The van der Waals surface area contributed by atoms with E-state index >= 15 is 0 Å². The molecule has 0 aliphatic rings. The van der Waals surface area contributed by atoms with Gasteiger partial charge in [0, 0.05) is 17.6 Å². The predicted octanol–water partition coefficient (Wildman–Crippen LogP) is 3.16. The van der Waals surface area contributed by atoms with Crippen LogP contribution in [-0.4, -0.2) is 9.91 Å². The Morgan fingerprint density at radius 2 is 2.00 bits per heavy atom. The minimum atomic E-state index is -4.77. The van der Waals surface area contributed by atoms with Crippen LogP contribution in [0.4, 0.5) is 18.9 Å². The van der Waals surface area contributed by atoms with Crippen LogP contribution >= 0.6 is 0 Å². The molecule has 0 atom stereocenters. The van der Waals surface area contributed by atoms with Gasteiger partial charge in [-0.15, -0.1) is 0 Å². The van der Waals surface area contributed by atoms with Crippen LogP contribution in [0.3, 0.4) is 0 Å². The van der Waals surface area contributed by atoms with Gasteiger partial charge in [0.2, 0.25) is 0 Å². The first kappa shape index (κ1) is 11.3. The number of pyridine rings is 1. The van der Waals surface area contributed by atoms with Crippen molar-refractivity contribution in [2.75, 3.05) is 0 Å². The SMILES string of the molecule is O=[N+]([O-])c1cc2cccnc2cc1C(F)(F)F. The molecule has 0 fully saturated rings. The van der Waals surface area contributed by atoms with Crippen LogP contribution in [0.1, 0.15) is 5.56 Å². The number of hydrogen-bond acceptors (Lipinski definition) is 3. The van der Waals surface area contributed by atoms with Crippen molar-refractivity contribution >= 4 is 16.6 Å². The van der Waals surface area contributed by atoms with Gasteiger partial charge in [-0.25, -0.2) is 0 Å². The fraction of sp³-hybridized carbons (Fsp3) is 0.100. The molecule has 0 radical (unpaired) electrons. The summed E-state index contributed by atoms with van der Waals surface area (Å²) in [6, 6.07) is 4.54. The van der Waals surface area contributed by atoms with Crippen molar-refractivity contribution in [2.45, 2.75) is 6.18 Å². The third-order valence-corrected chi connectivity index (χ3v) is 2.22. The Bertz CT molecular complexity index is 596. The van der Waals surface area contributed by atoms with E-state index in [1.807, 2.05) is 0 Å². The molecule has 0 amide bonds. The first-order valence-electron chi connectivity index (χ1n) is 4.50. The number of nitro groups is 1. The molecule has 88 valence electrons. The highest BCUT2D eigenvalue weighted by Gasteiger charge is 2.38. The van der Waals surface area contributed by atoms with Gasteiger partial charge in [0.05, 0.1) is 10.4 Å². The Morgan fingerprint density at radius 3 is 2.59 bits per heavy atom. The van der Waals surface area contributed by atoms with Crippen LogP contribution in [0.15, 0.2) is 30.5 Å². The van der Waals surface area contributed by atoms with E-state index in [1.165, 1.54) is 18.3 Å². The van der Waals surface area contributed by atoms with E-state index in [0.717, 1.165) is 6.07 Å². The van der Waals surface area contributed by atoms with Crippen LogP contribution in [0.25, 0.3) is 10.9 Å². The number of fused-ring (bicyclic) bond motifs is 1. The minimum Gasteiger partial charge on any atom is -0.258 e. The van der Waals surface area contributed by atoms with E-state index in [9.17, 15) is 23.3 Å². The average molecular weight is 242 g/mol. The lowest BCUT2D eigenvalue weighted by atomic mass is 10.1. The lowest BCUT2D eigenvalue weighted by Gasteiger charge is -2.08. The molecule has 0 spiro atoms. The monoisotopic (exact) mass is 242 g/mol. The average Bonchev–Trinajstić information content (AvgIpc) is 2.26. The highest BCUT2D eigenvalue weighted by Crippen LogP contribution is 2.37. The lowest BCUT2D eigenvalue weighted by molar-refractivity contribution is -0.387. The number of nitro benzene ring substituents is 1. The zero-order valence-corrected chi connectivity index (χ0v) is 8.23. The van der Waals surface area contributed by atoms with Gasteiger partial charge in [-0.05, 0) is 12.1 Å². The van der Waals surface area contributed by atoms with E-state index in [1.54, 1.807) is 0 Å². The highest BCUT2D eigenvalue weighted by atomic mass is 19.4. The number of hydrogen-bond donors (Lipinski definition) is 0. The van der Waals surface area contributed by atoms with Gasteiger partial charge in [-0.1, -0.05) is 6.07 Å². The molecule has 7 heteroatoms. The molecule has 1 aromatic carbocycles. The molecular weight excluding hydrogens is 237 g/mol. The molecule has 17 heavy (non-hydrogen) atoms. The Balaban J connectivity index is 2.80. The van der Waals surface area contributed by atoms with E-state index in [0.29, 0.717) is 11.5 Å². The maximum Gasteiger partial charge on any atom is 0.423 e. The van der Waals surface area contributed by atoms with Gasteiger partial charge in [0.25, 0.3) is 5.69 Å². The Kier molecular flexibility index (Phi) is 2.45. The Hall–Kier alpha value is -2.18. The summed E-state index contributed by atoms with van der Waals surface area (Å²) in [7, 11) is 0. The van der Waals surface area contributed by atoms with Crippen molar-refractivity contribution < 1.29 is 18.1 Å². The molecule has 0 bridgehead atoms. The molecular formula is C10H5F3N2O2. The summed E-state index contributed by atoms with van der Waals surface area (Å²) in [4.78, 5) is 13.3. The van der Waals surface area contributed by atoms with E-state index in [2.05, 4.69) is 4.98 Å². The number of alkyl halides is 3. The second kappa shape index (κ2) is 3.69. The van der Waals surface area contributed by atoms with E-state index in [4.69, 9.17) is 0 Å². The summed E-state index contributed by atoms with van der Waals surface area (Å²) >= 11 is 0. The van der Waals surface area contributed by atoms with Gasteiger partial charge >= 0.3 is 6.18 Å². The molecule has 1 aromatic heterocycles. The molecule has 4 nitrogen and oxygen atoms in total. The van der Waals surface area contributed by atoms with E-state index in [-0.39, 0.29) is 5.52 Å². The quantitative estimate of drug-likeness (QED) is 0.570. The van der Waals surface area contributed by atoms with Crippen molar-refractivity contribution in [1.82, 2.24) is 4.98 Å². The summed E-state index contributed by atoms with van der Waals surface area (Å²) in [5, 5.41) is 10.9. The summed E-state index contributed by atoms with van der Waals surface area (Å²) in [5.41, 5.74) is -2.17. The fourth-order valence-corrected chi connectivity index (χ4v) is 1.49. The zero-order chi connectivity index (χ0) is 12.6. The van der Waals surface area contributed by atoms with Crippen LogP contribution in [0, 0.1) is 10.1 Å². The Morgan fingerprint density at radius 1 is 1.29 bits per heavy atom. The largest absolute Gasteiger partial charge is 0.423 e. The summed E-state index contributed by atoms with van der Waals surface area (Å²) in [5.74, 6) is 0. The fourth-order valence-electron chi connectivity index (χ4n) is 1.49. The first-order valence-corrected chi connectivity index (χ1v) is 4.50. The second-order valence-electron chi connectivity index (χ2n) is 3.32. The molecule has 0 saturated carbocycles. The van der Waals surface area contributed by atoms with Crippen LogP contribution < -0.4 is 0 Å². The van der Waals surface area contributed by atoms with Crippen molar-refractivity contribution in [1.29, 1.82) is 0 Å². The Labute approximate surface area is 92.8 Å². The normalized spacial score (nSPS) is 11.7. The number of halogens is 3. The molecule has 2 rings (SSSR count). The van der Waals surface area contributed by atoms with Crippen molar-refractivity contribution in [2.24, 2.45) is 0 Å². The minimum absolute atomic E-state index is 0.0745. The van der Waals surface area contributed by atoms with Crippen LogP contribution in [0.5, 0.6) is 0 Å². The highest BCUT2D eigenvalue weighted by molar-refractivity contribution is 5.82. The maximum absolute atomic E-state index is 12.6. The van der Waals surface area contributed by atoms with E-state index < -0.39 is 22.4 Å². The van der Waals surface area contributed by atoms with Gasteiger partial charge in [0.1, 0.15) is 5.56 Å². The van der Waals surface area contributed by atoms with Gasteiger partial charge in [-0.3, -0.25) is 15.1 Å². The predicted molar refractivity (Wildman–Crippen MR) is 53.4 cm³/mol. The third-order valence-electron chi connectivity index (χ3n) is 2.22. The maximum atomic E-state index is 12.6. The zero-order valence-electron chi connectivity index (χ0n) is 8.23. The van der Waals surface area contributed by atoms with Crippen LogP contribution in [0.2, 0.25) is 0 Å². The summed E-state index contributed by atoms with van der Waals surface area (Å²) in [6.07, 6.45) is -3.44. The molecule has 0 aliphatic heterocycles. The third kappa shape index (κ3) is 2.03. The lowest BCUT2D eigenvalue weighted by Crippen LogP contribution is -2.09. The van der Waals surface area contributed by atoms with Crippen molar-refractivity contribution in [3.8, 4) is 0 Å². The molecule has 1 heterocycles. The van der Waals surface area contributed by atoms with Crippen LogP contribution in [-0.2, 0) is 6.18 Å². The molecule has 2 aromatic rings. The topological polar surface area (TPSA) is 56.0 Å². The number of rotatable bonds is 1. The molecule has 0 saturated heterocycles. The van der Waals surface area contributed by atoms with Gasteiger partial charge in [-0.2, -0.15) is 13.2 Å². The number of nitrogens with zero attached hydrogens (tertiary/aromatic N) is 2. The smallest absolute Gasteiger partial charge is 0.258 e. The van der Waals surface area contributed by atoms with Gasteiger partial charge in [0.15, 0.2) is 0 Å². The molecule has 0 aliphatic carbocycles. The standard InChI is InChI=1S/C10H5F3N2O2/c11-10(12,13)7-5-8-6(2-1-3-14-8)4-9(7)15(16)17/h1-5H. The molecule has 0 N–H and O–H groups in total. The van der Waals surface area contributed by atoms with Crippen molar-refractivity contribution in [3.05, 3.63) is 46.1 Å². The molecule has 0 unspecified atom stereocenters. The number of benzene rings is 1. The summed E-state index contributed by atoms with van der Waals surface area (Å²) in [6.45, 7) is 0. The second-order valence-corrected chi connectivity index (χ2v) is 3.32. The number of aromatic nitrogens is 1. The van der Waals surface area contributed by atoms with Crippen molar-refractivity contribution in [3.63, 3.8) is 0 Å². The first-order chi connectivity index (χ1) is 7.89. The van der Waals surface area contributed by atoms with Gasteiger partial charge < -0.3 is 0 Å².